The van der Waals surface area contributed by atoms with Crippen molar-refractivity contribution in [3.63, 3.8) is 0 Å². The molecule has 0 atom stereocenters. The molecular formula is C21H26N2O4. The molecule has 2 aromatic carbocycles. The van der Waals surface area contributed by atoms with Crippen molar-refractivity contribution in [1.29, 1.82) is 0 Å². The Morgan fingerprint density at radius 1 is 0.889 bits per heavy atom. The molecule has 0 spiro atoms. The van der Waals surface area contributed by atoms with Crippen molar-refractivity contribution in [3.8, 4) is 5.75 Å². The maximum Gasteiger partial charge on any atom is 0.255 e. The highest BCUT2D eigenvalue weighted by Gasteiger charge is 2.08. The molecule has 144 valence electrons. The van der Waals surface area contributed by atoms with E-state index in [0.29, 0.717) is 36.6 Å². The van der Waals surface area contributed by atoms with E-state index >= 15 is 0 Å². The maximum atomic E-state index is 12.3. The van der Waals surface area contributed by atoms with E-state index in [1.54, 1.807) is 55.6 Å². The molecule has 0 fully saturated rings. The molecule has 2 aromatic rings. The fraction of sp³-hybridized carbons (Fsp3) is 0.333. The van der Waals surface area contributed by atoms with Gasteiger partial charge < -0.3 is 20.1 Å². The standard InChI is InChI=1S/C21H26N2O4/c1-3-14-27-19-11-7-17(8-12-19)21(25)23-18-9-5-16(6-10-18)20(24)22-13-4-15-26-2/h5-12H,3-4,13-15H2,1-2H3,(H,22,24)(H,23,25). The largest absolute Gasteiger partial charge is 0.494 e. The topological polar surface area (TPSA) is 76.7 Å². The van der Waals surface area contributed by atoms with E-state index in [-0.39, 0.29) is 11.8 Å². The Morgan fingerprint density at radius 3 is 2.15 bits per heavy atom. The molecule has 0 aliphatic rings. The van der Waals surface area contributed by atoms with Crippen LogP contribution in [0.1, 0.15) is 40.5 Å². The van der Waals surface area contributed by atoms with Gasteiger partial charge in [0.25, 0.3) is 11.8 Å². The Kier molecular flexibility index (Phi) is 8.32. The van der Waals surface area contributed by atoms with E-state index in [4.69, 9.17) is 9.47 Å². The monoisotopic (exact) mass is 370 g/mol. The van der Waals surface area contributed by atoms with Crippen molar-refractivity contribution in [3.05, 3.63) is 59.7 Å². The zero-order chi connectivity index (χ0) is 19.5. The number of carbonyl (C=O) groups excluding carboxylic acids is 2. The van der Waals surface area contributed by atoms with Gasteiger partial charge in [-0.1, -0.05) is 6.92 Å². The fourth-order valence-corrected chi connectivity index (χ4v) is 2.35. The first kappa shape index (κ1) is 20.5. The van der Waals surface area contributed by atoms with Crippen molar-refractivity contribution in [1.82, 2.24) is 5.32 Å². The molecule has 0 saturated heterocycles. The van der Waals surface area contributed by atoms with E-state index in [2.05, 4.69) is 10.6 Å². The average Bonchev–Trinajstić information content (AvgIpc) is 2.70. The van der Waals surface area contributed by atoms with Gasteiger partial charge in [0, 0.05) is 37.1 Å². The quantitative estimate of drug-likeness (QED) is 0.628. The van der Waals surface area contributed by atoms with Gasteiger partial charge in [0.1, 0.15) is 5.75 Å². The second-order valence-electron chi connectivity index (χ2n) is 6.01. The highest BCUT2D eigenvalue weighted by molar-refractivity contribution is 6.04. The van der Waals surface area contributed by atoms with Gasteiger partial charge in [-0.05, 0) is 61.4 Å². The van der Waals surface area contributed by atoms with Gasteiger partial charge >= 0.3 is 0 Å². The van der Waals surface area contributed by atoms with Crippen LogP contribution in [0.15, 0.2) is 48.5 Å². The number of benzene rings is 2. The van der Waals surface area contributed by atoms with Gasteiger partial charge in [0.05, 0.1) is 6.61 Å². The van der Waals surface area contributed by atoms with Crippen LogP contribution in [0.5, 0.6) is 5.75 Å². The number of methoxy groups -OCH3 is 1. The summed E-state index contributed by atoms with van der Waals surface area (Å²) in [4.78, 5) is 24.3. The second-order valence-corrected chi connectivity index (χ2v) is 6.01. The lowest BCUT2D eigenvalue weighted by Gasteiger charge is -2.08. The lowest BCUT2D eigenvalue weighted by Crippen LogP contribution is -2.25. The normalized spacial score (nSPS) is 10.3. The molecule has 27 heavy (non-hydrogen) atoms. The van der Waals surface area contributed by atoms with Crippen LogP contribution in [-0.4, -0.2) is 38.7 Å². The molecule has 0 radical (unpaired) electrons. The van der Waals surface area contributed by atoms with E-state index in [9.17, 15) is 9.59 Å². The number of nitrogens with one attached hydrogen (secondary N) is 2. The molecule has 2 rings (SSSR count). The van der Waals surface area contributed by atoms with Crippen molar-refractivity contribution in [2.24, 2.45) is 0 Å². The van der Waals surface area contributed by atoms with Gasteiger partial charge in [-0.15, -0.1) is 0 Å². The first-order valence-corrected chi connectivity index (χ1v) is 9.05. The second kappa shape index (κ2) is 11.0. The van der Waals surface area contributed by atoms with Crippen LogP contribution in [0, 0.1) is 0 Å². The van der Waals surface area contributed by atoms with Crippen LogP contribution in [0.2, 0.25) is 0 Å². The van der Waals surface area contributed by atoms with E-state index < -0.39 is 0 Å². The minimum Gasteiger partial charge on any atom is -0.494 e. The van der Waals surface area contributed by atoms with Gasteiger partial charge in [0.2, 0.25) is 0 Å². The van der Waals surface area contributed by atoms with Gasteiger partial charge in [-0.2, -0.15) is 0 Å². The summed E-state index contributed by atoms with van der Waals surface area (Å²) in [6, 6.07) is 13.8. The summed E-state index contributed by atoms with van der Waals surface area (Å²) < 4.78 is 10.5. The molecule has 0 aliphatic carbocycles. The highest BCUT2D eigenvalue weighted by atomic mass is 16.5. The predicted molar refractivity (Wildman–Crippen MR) is 105 cm³/mol. The maximum absolute atomic E-state index is 12.3. The number of amides is 2. The zero-order valence-corrected chi connectivity index (χ0v) is 15.8. The lowest BCUT2D eigenvalue weighted by atomic mass is 10.1. The number of anilines is 1. The highest BCUT2D eigenvalue weighted by Crippen LogP contribution is 2.15. The van der Waals surface area contributed by atoms with E-state index in [1.165, 1.54) is 0 Å². The van der Waals surface area contributed by atoms with E-state index in [1.807, 2.05) is 6.92 Å². The van der Waals surface area contributed by atoms with Crippen LogP contribution >= 0.6 is 0 Å². The molecule has 2 amide bonds. The Labute approximate surface area is 159 Å². The number of ether oxygens (including phenoxy) is 2. The Bertz CT molecular complexity index is 727. The third-order valence-electron chi connectivity index (χ3n) is 3.81. The number of hydrogen-bond donors (Lipinski definition) is 2. The SMILES string of the molecule is CCCOc1ccc(C(=O)Nc2ccc(C(=O)NCCCOC)cc2)cc1. The van der Waals surface area contributed by atoms with E-state index in [0.717, 1.165) is 18.6 Å². The Hall–Kier alpha value is -2.86. The summed E-state index contributed by atoms with van der Waals surface area (Å²) in [5.74, 6) is 0.384. The summed E-state index contributed by atoms with van der Waals surface area (Å²) in [6.45, 7) is 3.86. The molecule has 0 aliphatic heterocycles. The third-order valence-corrected chi connectivity index (χ3v) is 3.81. The van der Waals surface area contributed by atoms with Crippen molar-refractivity contribution < 1.29 is 19.1 Å². The predicted octanol–water partition coefficient (Wildman–Crippen LogP) is 3.49. The smallest absolute Gasteiger partial charge is 0.255 e. The van der Waals surface area contributed by atoms with Crippen LogP contribution in [0.25, 0.3) is 0 Å². The molecule has 6 heteroatoms. The lowest BCUT2D eigenvalue weighted by molar-refractivity contribution is 0.0948. The van der Waals surface area contributed by atoms with Crippen molar-refractivity contribution in [2.45, 2.75) is 19.8 Å². The van der Waals surface area contributed by atoms with Crippen molar-refractivity contribution in [2.75, 3.05) is 32.2 Å². The minimum absolute atomic E-state index is 0.147. The minimum atomic E-state index is -0.214. The summed E-state index contributed by atoms with van der Waals surface area (Å²) in [5, 5.41) is 5.64. The number of hydrogen-bond acceptors (Lipinski definition) is 4. The van der Waals surface area contributed by atoms with Gasteiger partial charge in [-0.25, -0.2) is 0 Å². The summed E-state index contributed by atoms with van der Waals surface area (Å²) in [7, 11) is 1.63. The van der Waals surface area contributed by atoms with Crippen LogP contribution in [0.3, 0.4) is 0 Å². The zero-order valence-electron chi connectivity index (χ0n) is 15.8. The molecule has 0 unspecified atom stereocenters. The van der Waals surface area contributed by atoms with Crippen LogP contribution < -0.4 is 15.4 Å². The summed E-state index contributed by atoms with van der Waals surface area (Å²) >= 11 is 0. The molecule has 0 bridgehead atoms. The number of carbonyl (C=O) groups is 2. The van der Waals surface area contributed by atoms with Gasteiger partial charge in [0.15, 0.2) is 0 Å². The van der Waals surface area contributed by atoms with Crippen molar-refractivity contribution >= 4 is 17.5 Å². The number of rotatable bonds is 10. The summed E-state index contributed by atoms with van der Waals surface area (Å²) in [5.41, 5.74) is 1.71. The summed E-state index contributed by atoms with van der Waals surface area (Å²) in [6.07, 6.45) is 1.70. The van der Waals surface area contributed by atoms with Crippen LogP contribution in [0.4, 0.5) is 5.69 Å². The molecule has 2 N–H and O–H groups in total. The van der Waals surface area contributed by atoms with Crippen LogP contribution in [-0.2, 0) is 4.74 Å². The third kappa shape index (κ3) is 6.75. The first-order valence-electron chi connectivity index (χ1n) is 9.05. The molecular weight excluding hydrogens is 344 g/mol. The Balaban J connectivity index is 1.87. The molecule has 0 saturated carbocycles. The average molecular weight is 370 g/mol. The molecule has 6 nitrogen and oxygen atoms in total. The first-order chi connectivity index (χ1) is 13.1. The molecule has 0 heterocycles. The fourth-order valence-electron chi connectivity index (χ4n) is 2.35. The molecule has 0 aromatic heterocycles. The van der Waals surface area contributed by atoms with Gasteiger partial charge in [-0.3, -0.25) is 9.59 Å². The Morgan fingerprint density at radius 2 is 1.52 bits per heavy atom.